The highest BCUT2D eigenvalue weighted by atomic mass is 35.5. The Morgan fingerprint density at radius 1 is 1.16 bits per heavy atom. The van der Waals surface area contributed by atoms with E-state index in [-0.39, 0.29) is 23.1 Å². The van der Waals surface area contributed by atoms with Crippen molar-refractivity contribution in [3.05, 3.63) is 52.3 Å². The van der Waals surface area contributed by atoms with Gasteiger partial charge in [-0.15, -0.1) is 0 Å². The lowest BCUT2D eigenvalue weighted by Crippen LogP contribution is -2.39. The molecule has 9 heteroatoms. The Bertz CT molecular complexity index is 978. The van der Waals surface area contributed by atoms with Crippen molar-refractivity contribution in [3.8, 4) is 11.5 Å². The number of amides is 3. The zero-order valence-electron chi connectivity index (χ0n) is 16.8. The topological polar surface area (TPSA) is 59.1 Å². The Morgan fingerprint density at radius 2 is 1.90 bits per heavy atom. The van der Waals surface area contributed by atoms with Crippen molar-refractivity contribution in [3.63, 3.8) is 0 Å². The van der Waals surface area contributed by atoms with Gasteiger partial charge in [-0.2, -0.15) is 0 Å². The Hall–Kier alpha value is -2.51. The molecule has 31 heavy (non-hydrogen) atoms. The molecule has 2 aliphatic rings. The highest BCUT2D eigenvalue weighted by Gasteiger charge is 2.47. The smallest absolute Gasteiger partial charge is 0.332 e. The Balaban J connectivity index is 1.50. The first kappa shape index (κ1) is 21.7. The summed E-state index contributed by atoms with van der Waals surface area (Å²) in [5, 5.41) is 0.640. The molecule has 6 nitrogen and oxygen atoms in total. The molecule has 2 aromatic rings. The van der Waals surface area contributed by atoms with Gasteiger partial charge in [0.2, 0.25) is 0 Å². The number of hydrogen-bond acceptors (Lipinski definition) is 4. The van der Waals surface area contributed by atoms with E-state index in [2.05, 4.69) is 0 Å². The van der Waals surface area contributed by atoms with E-state index in [0.29, 0.717) is 23.7 Å². The van der Waals surface area contributed by atoms with Crippen LogP contribution in [0.15, 0.2) is 36.4 Å². The number of halogens is 3. The third-order valence-electron chi connectivity index (χ3n) is 5.31. The van der Waals surface area contributed by atoms with E-state index in [1.807, 2.05) is 0 Å². The highest BCUT2D eigenvalue weighted by Crippen LogP contribution is 2.37. The van der Waals surface area contributed by atoms with Crippen LogP contribution in [0.25, 0.3) is 0 Å². The summed E-state index contributed by atoms with van der Waals surface area (Å²) in [6.45, 7) is 2.45. The van der Waals surface area contributed by atoms with E-state index in [0.717, 1.165) is 23.8 Å². The van der Waals surface area contributed by atoms with Gasteiger partial charge in [0.15, 0.2) is 0 Å². The molecule has 0 radical (unpaired) electrons. The van der Waals surface area contributed by atoms with Gasteiger partial charge in [-0.05, 0) is 56.5 Å². The summed E-state index contributed by atoms with van der Waals surface area (Å²) < 4.78 is 26.2. The largest absolute Gasteiger partial charge is 0.490 e. The van der Waals surface area contributed by atoms with E-state index >= 15 is 0 Å². The van der Waals surface area contributed by atoms with Crippen LogP contribution in [0.5, 0.6) is 11.5 Å². The monoisotopic (exact) mass is 466 g/mol. The van der Waals surface area contributed by atoms with Gasteiger partial charge in [-0.25, -0.2) is 14.1 Å². The molecule has 0 spiro atoms. The van der Waals surface area contributed by atoms with E-state index in [1.165, 1.54) is 11.0 Å². The zero-order valence-corrected chi connectivity index (χ0v) is 18.3. The van der Waals surface area contributed by atoms with Crippen molar-refractivity contribution in [2.75, 3.05) is 18.1 Å². The average Bonchev–Trinajstić information content (AvgIpc) is 3.00. The van der Waals surface area contributed by atoms with Gasteiger partial charge in [-0.3, -0.25) is 4.79 Å². The summed E-state index contributed by atoms with van der Waals surface area (Å²) in [4.78, 5) is 28.0. The van der Waals surface area contributed by atoms with Gasteiger partial charge < -0.3 is 14.4 Å². The van der Waals surface area contributed by atoms with E-state index < -0.39 is 29.9 Å². The number of rotatable bonds is 6. The second-order valence-electron chi connectivity index (χ2n) is 7.59. The molecule has 4 rings (SSSR count). The summed E-state index contributed by atoms with van der Waals surface area (Å²) in [5.74, 6) is -0.397. The summed E-state index contributed by atoms with van der Waals surface area (Å²) in [5.41, 5.74) is -0.158. The molecule has 0 aliphatic carbocycles. The third kappa shape index (κ3) is 4.43. The van der Waals surface area contributed by atoms with Crippen LogP contribution in [-0.2, 0) is 4.79 Å². The van der Waals surface area contributed by atoms with Crippen LogP contribution in [0.3, 0.4) is 0 Å². The lowest BCUT2D eigenvalue weighted by Gasteiger charge is -2.26. The normalized spacial score (nSPS) is 19.4. The number of hydrogen-bond donors (Lipinski definition) is 0. The van der Waals surface area contributed by atoms with Gasteiger partial charge >= 0.3 is 6.03 Å². The SMILES string of the molecule is CC(COc1ccc(Cl)cc1)Oc1cc(N2C(=O)C3CCCCN3C2=O)c(F)cc1Cl. The predicted molar refractivity (Wildman–Crippen MR) is 116 cm³/mol. The van der Waals surface area contributed by atoms with Crippen molar-refractivity contribution < 1.29 is 23.5 Å². The molecule has 2 atom stereocenters. The highest BCUT2D eigenvalue weighted by molar-refractivity contribution is 6.32. The van der Waals surface area contributed by atoms with E-state index in [1.54, 1.807) is 31.2 Å². The summed E-state index contributed by atoms with van der Waals surface area (Å²) in [6.07, 6.45) is 1.82. The standard InChI is InChI=1S/C22H21Cl2FN2O4/c1-13(12-30-15-7-5-14(23)6-8-15)31-20-11-19(17(25)10-16(20)24)27-21(28)18-4-2-3-9-26(18)22(27)29/h5-8,10-11,13,18H,2-4,9,12H2,1H3. The molecule has 164 valence electrons. The van der Waals surface area contributed by atoms with Crippen LogP contribution < -0.4 is 14.4 Å². The van der Waals surface area contributed by atoms with Crippen molar-refractivity contribution in [1.82, 2.24) is 4.90 Å². The number of anilines is 1. The fourth-order valence-electron chi connectivity index (χ4n) is 3.79. The second kappa shape index (κ2) is 8.93. The average molecular weight is 467 g/mol. The van der Waals surface area contributed by atoms with Crippen molar-refractivity contribution in [2.24, 2.45) is 0 Å². The van der Waals surface area contributed by atoms with Gasteiger partial charge in [-0.1, -0.05) is 23.2 Å². The van der Waals surface area contributed by atoms with Crippen LogP contribution in [0.1, 0.15) is 26.2 Å². The van der Waals surface area contributed by atoms with Crippen molar-refractivity contribution >= 4 is 40.8 Å². The molecule has 0 N–H and O–H groups in total. The maximum Gasteiger partial charge on any atom is 0.332 e. The second-order valence-corrected chi connectivity index (χ2v) is 8.43. The quantitative estimate of drug-likeness (QED) is 0.541. The van der Waals surface area contributed by atoms with Crippen LogP contribution in [-0.4, -0.2) is 42.1 Å². The van der Waals surface area contributed by atoms with Crippen LogP contribution >= 0.6 is 23.2 Å². The molecule has 2 heterocycles. The number of imide groups is 1. The van der Waals surface area contributed by atoms with Crippen molar-refractivity contribution in [1.29, 1.82) is 0 Å². The van der Waals surface area contributed by atoms with Gasteiger partial charge in [0, 0.05) is 17.6 Å². The zero-order chi connectivity index (χ0) is 22.1. The Labute approximate surface area is 189 Å². The fourth-order valence-corrected chi connectivity index (χ4v) is 4.11. The number of benzene rings is 2. The summed E-state index contributed by atoms with van der Waals surface area (Å²) in [6, 6.07) is 8.19. The first-order valence-electron chi connectivity index (χ1n) is 10.0. The van der Waals surface area contributed by atoms with Crippen LogP contribution in [0.4, 0.5) is 14.9 Å². The number of piperidine rings is 1. The molecule has 2 aromatic carbocycles. The maximum atomic E-state index is 14.7. The molecular weight excluding hydrogens is 446 g/mol. The Morgan fingerprint density at radius 3 is 2.61 bits per heavy atom. The molecule has 0 bridgehead atoms. The maximum absolute atomic E-state index is 14.7. The lowest BCUT2D eigenvalue weighted by molar-refractivity contribution is -0.120. The lowest BCUT2D eigenvalue weighted by atomic mass is 10.0. The van der Waals surface area contributed by atoms with Gasteiger partial charge in [0.25, 0.3) is 5.91 Å². The minimum atomic E-state index is -0.760. The van der Waals surface area contributed by atoms with E-state index in [4.69, 9.17) is 32.7 Å². The minimum Gasteiger partial charge on any atom is -0.490 e. The molecule has 2 aliphatic heterocycles. The summed E-state index contributed by atoms with van der Waals surface area (Å²) in [7, 11) is 0. The minimum absolute atomic E-state index is 0.0383. The third-order valence-corrected chi connectivity index (χ3v) is 5.86. The fraction of sp³-hybridized carbons (Fsp3) is 0.364. The molecule has 2 unspecified atom stereocenters. The molecular formula is C22H21Cl2FN2O4. The molecule has 2 saturated heterocycles. The number of fused-ring (bicyclic) bond motifs is 1. The molecule has 0 aromatic heterocycles. The number of ether oxygens (including phenoxy) is 2. The molecule has 0 saturated carbocycles. The predicted octanol–water partition coefficient (Wildman–Crippen LogP) is 5.30. The van der Waals surface area contributed by atoms with Gasteiger partial charge in [0.1, 0.15) is 36.1 Å². The molecule has 2 fully saturated rings. The van der Waals surface area contributed by atoms with Crippen LogP contribution in [0.2, 0.25) is 10.0 Å². The first-order chi connectivity index (χ1) is 14.8. The van der Waals surface area contributed by atoms with E-state index in [9.17, 15) is 14.0 Å². The van der Waals surface area contributed by atoms with Crippen LogP contribution in [0, 0.1) is 5.82 Å². The number of nitrogens with zero attached hydrogens (tertiary/aromatic N) is 2. The first-order valence-corrected chi connectivity index (χ1v) is 10.8. The van der Waals surface area contributed by atoms with Crippen molar-refractivity contribution in [2.45, 2.75) is 38.3 Å². The summed E-state index contributed by atoms with van der Waals surface area (Å²) >= 11 is 12.0. The molecule has 3 amide bonds. The number of urea groups is 1. The van der Waals surface area contributed by atoms with Gasteiger partial charge in [0.05, 0.1) is 10.7 Å². The Kier molecular flexibility index (Phi) is 6.25. The number of carbonyl (C=O) groups excluding carboxylic acids is 2. The number of carbonyl (C=O) groups is 2.